The molecule has 0 aliphatic rings. The van der Waals surface area contributed by atoms with Gasteiger partial charge >= 0.3 is 0 Å². The van der Waals surface area contributed by atoms with Crippen molar-refractivity contribution < 1.29 is 14.4 Å². The fourth-order valence-electron chi connectivity index (χ4n) is 2.38. The van der Waals surface area contributed by atoms with Crippen LogP contribution in [0.5, 0.6) is 5.75 Å². The van der Waals surface area contributed by atoms with Crippen molar-refractivity contribution in [3.8, 4) is 17.2 Å². The molecule has 0 unspecified atom stereocenters. The molecular weight excluding hydrogens is 304 g/mol. The Hall–Kier alpha value is -3.08. The molecular formula is C19H18N2O3. The van der Waals surface area contributed by atoms with Gasteiger partial charge in [0.25, 0.3) is 0 Å². The number of ether oxygens (including phenoxy) is 1. The third-order valence-electron chi connectivity index (χ3n) is 3.59. The molecule has 24 heavy (non-hydrogen) atoms. The fourth-order valence-corrected chi connectivity index (χ4v) is 2.38. The maximum atomic E-state index is 8.57. The van der Waals surface area contributed by atoms with E-state index in [1.807, 2.05) is 61.5 Å². The summed E-state index contributed by atoms with van der Waals surface area (Å²) in [7, 11) is 0. The first-order chi connectivity index (χ1) is 11.8. The van der Waals surface area contributed by atoms with Gasteiger partial charge in [-0.15, -0.1) is 0 Å². The van der Waals surface area contributed by atoms with Crippen molar-refractivity contribution >= 4 is 6.21 Å². The molecule has 1 N–H and O–H groups in total. The standard InChI is InChI=1S/C19H18N2O3/c1-14-18(21-19(24-14)16-7-3-2-4-8-16)10-11-23-17-9-5-6-15(12-17)13-20-22/h2-9,12-13,22H,10-11H2,1H3/b20-13+. The molecule has 5 heteroatoms. The van der Waals surface area contributed by atoms with Crippen molar-refractivity contribution in [1.29, 1.82) is 0 Å². The molecule has 0 aliphatic heterocycles. The van der Waals surface area contributed by atoms with E-state index in [0.717, 1.165) is 28.3 Å². The first kappa shape index (κ1) is 15.8. The molecule has 3 rings (SSSR count). The summed E-state index contributed by atoms with van der Waals surface area (Å²) in [4.78, 5) is 4.56. The van der Waals surface area contributed by atoms with Crippen LogP contribution in [0.1, 0.15) is 17.0 Å². The molecule has 0 atom stereocenters. The highest BCUT2D eigenvalue weighted by molar-refractivity contribution is 5.79. The van der Waals surface area contributed by atoms with Crippen molar-refractivity contribution in [1.82, 2.24) is 4.98 Å². The molecule has 0 saturated heterocycles. The van der Waals surface area contributed by atoms with Crippen LogP contribution in [0, 0.1) is 6.92 Å². The number of rotatable bonds is 6. The van der Waals surface area contributed by atoms with Crippen LogP contribution in [-0.2, 0) is 6.42 Å². The molecule has 1 heterocycles. The van der Waals surface area contributed by atoms with Gasteiger partial charge in [-0.3, -0.25) is 0 Å². The molecule has 0 spiro atoms. The third kappa shape index (κ3) is 3.81. The van der Waals surface area contributed by atoms with Crippen LogP contribution >= 0.6 is 0 Å². The average molecular weight is 322 g/mol. The summed E-state index contributed by atoms with van der Waals surface area (Å²) in [5, 5.41) is 11.6. The lowest BCUT2D eigenvalue weighted by molar-refractivity contribution is 0.319. The van der Waals surface area contributed by atoms with Gasteiger partial charge in [0.05, 0.1) is 18.5 Å². The van der Waals surface area contributed by atoms with Crippen LogP contribution in [0.25, 0.3) is 11.5 Å². The zero-order chi connectivity index (χ0) is 16.8. The molecule has 0 radical (unpaired) electrons. The Morgan fingerprint density at radius 1 is 1.17 bits per heavy atom. The van der Waals surface area contributed by atoms with Crippen LogP contribution in [0.15, 0.2) is 64.2 Å². The smallest absolute Gasteiger partial charge is 0.226 e. The monoisotopic (exact) mass is 322 g/mol. The van der Waals surface area contributed by atoms with E-state index in [2.05, 4.69) is 10.1 Å². The number of aryl methyl sites for hydroxylation is 1. The minimum atomic E-state index is 0.487. The molecule has 3 aromatic rings. The molecule has 0 aliphatic carbocycles. The van der Waals surface area contributed by atoms with Crippen molar-refractivity contribution in [2.75, 3.05) is 6.61 Å². The van der Waals surface area contributed by atoms with Gasteiger partial charge in [0.15, 0.2) is 0 Å². The highest BCUT2D eigenvalue weighted by Crippen LogP contribution is 2.22. The summed E-state index contributed by atoms with van der Waals surface area (Å²) in [6, 6.07) is 17.2. The highest BCUT2D eigenvalue weighted by Gasteiger charge is 2.11. The lowest BCUT2D eigenvalue weighted by Crippen LogP contribution is -2.03. The van der Waals surface area contributed by atoms with Gasteiger partial charge in [0.2, 0.25) is 5.89 Å². The zero-order valence-corrected chi connectivity index (χ0v) is 13.3. The highest BCUT2D eigenvalue weighted by atomic mass is 16.5. The van der Waals surface area contributed by atoms with Crippen LogP contribution in [-0.4, -0.2) is 23.0 Å². The van der Waals surface area contributed by atoms with Crippen LogP contribution < -0.4 is 4.74 Å². The maximum absolute atomic E-state index is 8.57. The second-order valence-electron chi connectivity index (χ2n) is 5.30. The summed E-state index contributed by atoms with van der Waals surface area (Å²) in [6.07, 6.45) is 2.02. The fraction of sp³-hybridized carbons (Fsp3) is 0.158. The second-order valence-corrected chi connectivity index (χ2v) is 5.30. The summed E-state index contributed by atoms with van der Waals surface area (Å²) in [5.41, 5.74) is 2.63. The lowest BCUT2D eigenvalue weighted by Gasteiger charge is -2.05. The van der Waals surface area contributed by atoms with E-state index in [1.165, 1.54) is 6.21 Å². The van der Waals surface area contributed by atoms with Crippen LogP contribution in [0.2, 0.25) is 0 Å². The number of nitrogens with zero attached hydrogens (tertiary/aromatic N) is 2. The first-order valence-corrected chi connectivity index (χ1v) is 7.68. The van der Waals surface area contributed by atoms with E-state index in [0.29, 0.717) is 18.9 Å². The summed E-state index contributed by atoms with van der Waals surface area (Å²) < 4.78 is 11.5. The molecule has 2 aromatic carbocycles. The number of oxime groups is 1. The Bertz CT molecular complexity index is 826. The lowest BCUT2D eigenvalue weighted by atomic mass is 10.2. The topological polar surface area (TPSA) is 67.9 Å². The van der Waals surface area contributed by atoms with E-state index in [4.69, 9.17) is 14.4 Å². The van der Waals surface area contributed by atoms with Crippen molar-refractivity contribution in [2.45, 2.75) is 13.3 Å². The van der Waals surface area contributed by atoms with Crippen LogP contribution in [0.4, 0.5) is 0 Å². The minimum Gasteiger partial charge on any atom is -0.493 e. The van der Waals surface area contributed by atoms with E-state index in [-0.39, 0.29) is 0 Å². The predicted molar refractivity (Wildman–Crippen MR) is 91.7 cm³/mol. The van der Waals surface area contributed by atoms with Crippen molar-refractivity contribution in [2.24, 2.45) is 5.16 Å². The number of hydrogen-bond donors (Lipinski definition) is 1. The number of hydrogen-bond acceptors (Lipinski definition) is 5. The number of oxazole rings is 1. The molecule has 1 aromatic heterocycles. The van der Waals surface area contributed by atoms with Gasteiger partial charge in [-0.25, -0.2) is 4.98 Å². The van der Waals surface area contributed by atoms with Crippen molar-refractivity contribution in [3.05, 3.63) is 71.6 Å². The summed E-state index contributed by atoms with van der Waals surface area (Å²) in [6.45, 7) is 2.40. The van der Waals surface area contributed by atoms with E-state index in [9.17, 15) is 0 Å². The van der Waals surface area contributed by atoms with Gasteiger partial charge in [-0.05, 0) is 36.8 Å². The predicted octanol–water partition coefficient (Wildman–Crippen LogP) is 4.08. The number of benzene rings is 2. The van der Waals surface area contributed by atoms with Gasteiger partial charge in [-0.1, -0.05) is 35.5 Å². The Labute approximate surface area is 140 Å². The second kappa shape index (κ2) is 7.46. The molecule has 0 saturated carbocycles. The SMILES string of the molecule is Cc1oc(-c2ccccc2)nc1CCOc1cccc(/C=N/O)c1. The summed E-state index contributed by atoms with van der Waals surface area (Å²) in [5.74, 6) is 2.15. The third-order valence-corrected chi connectivity index (χ3v) is 3.59. The Morgan fingerprint density at radius 2 is 2.00 bits per heavy atom. The largest absolute Gasteiger partial charge is 0.493 e. The van der Waals surface area contributed by atoms with Gasteiger partial charge in [-0.2, -0.15) is 0 Å². The van der Waals surface area contributed by atoms with Gasteiger partial charge in [0.1, 0.15) is 11.5 Å². The molecule has 0 bridgehead atoms. The molecule has 0 amide bonds. The Kier molecular flexibility index (Phi) is 4.91. The normalized spacial score (nSPS) is 11.0. The molecule has 0 fully saturated rings. The van der Waals surface area contributed by atoms with E-state index in [1.54, 1.807) is 0 Å². The first-order valence-electron chi connectivity index (χ1n) is 7.68. The average Bonchev–Trinajstić information content (AvgIpc) is 2.97. The quantitative estimate of drug-likeness (QED) is 0.422. The summed E-state index contributed by atoms with van der Waals surface area (Å²) >= 11 is 0. The molecule has 5 nitrogen and oxygen atoms in total. The van der Waals surface area contributed by atoms with Gasteiger partial charge < -0.3 is 14.4 Å². The van der Waals surface area contributed by atoms with Gasteiger partial charge in [0, 0.05) is 12.0 Å². The number of aromatic nitrogens is 1. The zero-order valence-electron chi connectivity index (χ0n) is 13.3. The minimum absolute atomic E-state index is 0.487. The van der Waals surface area contributed by atoms with Crippen LogP contribution in [0.3, 0.4) is 0 Å². The van der Waals surface area contributed by atoms with E-state index < -0.39 is 0 Å². The Balaban J connectivity index is 1.63. The van der Waals surface area contributed by atoms with Crippen molar-refractivity contribution in [3.63, 3.8) is 0 Å². The van der Waals surface area contributed by atoms with E-state index >= 15 is 0 Å². The molecule has 122 valence electrons. The Morgan fingerprint density at radius 3 is 2.79 bits per heavy atom. The maximum Gasteiger partial charge on any atom is 0.226 e.